The number of hydrogen-bond donors (Lipinski definition) is 0. The second-order valence-electron chi connectivity index (χ2n) is 6.85. The quantitative estimate of drug-likeness (QED) is 0.429. The van der Waals surface area contributed by atoms with Crippen molar-refractivity contribution in [3.63, 3.8) is 0 Å². The van der Waals surface area contributed by atoms with Gasteiger partial charge in [0.2, 0.25) is 0 Å². The van der Waals surface area contributed by atoms with Crippen LogP contribution >= 0.6 is 0 Å². The number of halogens is 5. The highest BCUT2D eigenvalue weighted by Crippen LogP contribution is 2.37. The predicted molar refractivity (Wildman–Crippen MR) is 98.8 cm³/mol. The summed E-state index contributed by atoms with van der Waals surface area (Å²) in [6, 6.07) is 8.94. The van der Waals surface area contributed by atoms with Crippen molar-refractivity contribution in [2.24, 2.45) is 0 Å². The van der Waals surface area contributed by atoms with Gasteiger partial charge in [0.05, 0.1) is 0 Å². The largest absolute Gasteiger partial charge is 0.573 e. The van der Waals surface area contributed by atoms with Gasteiger partial charge in [-0.1, -0.05) is 12.1 Å². The van der Waals surface area contributed by atoms with Crippen LogP contribution < -0.4 is 4.74 Å². The van der Waals surface area contributed by atoms with Crippen LogP contribution in [0.25, 0.3) is 11.1 Å². The molecule has 2 nitrogen and oxygen atoms in total. The average molecular weight is 416 g/mol. The van der Waals surface area contributed by atoms with Crippen molar-refractivity contribution in [3.05, 3.63) is 53.6 Å². The van der Waals surface area contributed by atoms with Crippen molar-refractivity contribution in [1.82, 2.24) is 0 Å². The summed E-state index contributed by atoms with van der Waals surface area (Å²) in [6.45, 7) is 2.67. The molecule has 0 bridgehead atoms. The molecule has 1 aliphatic rings. The number of ether oxygens (including phenoxy) is 1. The molecule has 0 aliphatic carbocycles. The van der Waals surface area contributed by atoms with Crippen molar-refractivity contribution in [3.8, 4) is 16.9 Å². The molecule has 0 N–H and O–H groups in total. The Kier molecular flexibility index (Phi) is 6.39. The van der Waals surface area contributed by atoms with E-state index < -0.39 is 32.8 Å². The van der Waals surface area contributed by atoms with Crippen LogP contribution in [-0.2, 0) is 4.43 Å². The van der Waals surface area contributed by atoms with Gasteiger partial charge in [0, 0.05) is 12.2 Å². The van der Waals surface area contributed by atoms with Crippen molar-refractivity contribution < 1.29 is 31.1 Å². The zero-order valence-electron chi connectivity index (χ0n) is 15.4. The molecule has 1 saturated heterocycles. The fraction of sp³-hybridized carbons (Fsp3) is 0.400. The maximum atomic E-state index is 14.7. The van der Waals surface area contributed by atoms with E-state index in [4.69, 9.17) is 4.43 Å². The third kappa shape index (κ3) is 5.11. The van der Waals surface area contributed by atoms with E-state index in [-0.39, 0.29) is 17.0 Å². The molecule has 0 aromatic heterocycles. The van der Waals surface area contributed by atoms with Gasteiger partial charge in [0.15, 0.2) is 9.04 Å². The Labute approximate surface area is 162 Å². The molecule has 0 spiro atoms. The topological polar surface area (TPSA) is 18.5 Å². The lowest BCUT2D eigenvalue weighted by atomic mass is 9.91. The minimum Gasteiger partial charge on any atom is -0.420 e. The SMILES string of the molecule is CCO[SiH]1CCC(c2cc(F)c(-c3ccc(OC(F)(F)F)cc3)cc2F)CC1. The summed E-state index contributed by atoms with van der Waals surface area (Å²) in [7, 11) is -1.20. The number of hydrogen-bond acceptors (Lipinski definition) is 2. The molecule has 28 heavy (non-hydrogen) atoms. The molecule has 2 aromatic rings. The van der Waals surface area contributed by atoms with E-state index in [1.165, 1.54) is 18.2 Å². The van der Waals surface area contributed by atoms with Crippen LogP contribution in [0.4, 0.5) is 22.0 Å². The van der Waals surface area contributed by atoms with Gasteiger partial charge in [-0.2, -0.15) is 0 Å². The molecule has 0 atom stereocenters. The number of rotatable bonds is 5. The maximum absolute atomic E-state index is 14.7. The summed E-state index contributed by atoms with van der Waals surface area (Å²) in [5.74, 6) is -1.53. The summed E-state index contributed by atoms with van der Waals surface area (Å²) in [5, 5.41) is 0. The van der Waals surface area contributed by atoms with E-state index in [2.05, 4.69) is 4.74 Å². The number of benzene rings is 2. The van der Waals surface area contributed by atoms with Gasteiger partial charge < -0.3 is 9.16 Å². The van der Waals surface area contributed by atoms with Gasteiger partial charge in [-0.05, 0) is 73.2 Å². The van der Waals surface area contributed by atoms with Gasteiger partial charge in [0.1, 0.15) is 17.4 Å². The molecule has 1 heterocycles. The third-order valence-corrected chi connectivity index (χ3v) is 7.76. The minimum atomic E-state index is -4.80. The smallest absolute Gasteiger partial charge is 0.420 e. The van der Waals surface area contributed by atoms with E-state index in [0.717, 1.165) is 43.1 Å². The van der Waals surface area contributed by atoms with Crippen molar-refractivity contribution >= 4 is 9.04 Å². The molecular formula is C20H21F5O2Si. The first-order valence-corrected chi connectivity index (χ1v) is 11.3. The molecule has 0 unspecified atom stereocenters. The van der Waals surface area contributed by atoms with Gasteiger partial charge in [-0.3, -0.25) is 0 Å². The third-order valence-electron chi connectivity index (χ3n) is 5.00. The van der Waals surface area contributed by atoms with Crippen LogP contribution in [0, 0.1) is 11.6 Å². The van der Waals surface area contributed by atoms with E-state index in [1.54, 1.807) is 0 Å². The van der Waals surface area contributed by atoms with E-state index in [9.17, 15) is 22.0 Å². The number of alkyl halides is 3. The summed E-state index contributed by atoms with van der Waals surface area (Å²) >= 11 is 0. The van der Waals surface area contributed by atoms with Gasteiger partial charge in [0.25, 0.3) is 0 Å². The summed E-state index contributed by atoms with van der Waals surface area (Å²) < 4.78 is 75.6. The molecule has 1 fully saturated rings. The fourth-order valence-electron chi connectivity index (χ4n) is 3.71. The normalized spacial score (nSPS) is 20.2. The van der Waals surface area contributed by atoms with E-state index in [0.29, 0.717) is 12.2 Å². The second-order valence-corrected chi connectivity index (χ2v) is 9.59. The Morgan fingerprint density at radius 2 is 1.64 bits per heavy atom. The molecule has 0 saturated carbocycles. The molecule has 152 valence electrons. The fourth-order valence-corrected chi connectivity index (χ4v) is 6.35. The van der Waals surface area contributed by atoms with Gasteiger partial charge >= 0.3 is 6.36 Å². The molecule has 0 radical (unpaired) electrons. The van der Waals surface area contributed by atoms with Crippen LogP contribution in [0.2, 0.25) is 12.1 Å². The Morgan fingerprint density at radius 1 is 1.00 bits per heavy atom. The Bertz CT molecular complexity index is 799. The summed E-state index contributed by atoms with van der Waals surface area (Å²) in [4.78, 5) is 0. The lowest BCUT2D eigenvalue weighted by Crippen LogP contribution is -2.24. The predicted octanol–water partition coefficient (Wildman–Crippen LogP) is 6.17. The van der Waals surface area contributed by atoms with Crippen molar-refractivity contribution in [2.75, 3.05) is 6.61 Å². The maximum Gasteiger partial charge on any atom is 0.573 e. The first-order valence-electron chi connectivity index (χ1n) is 9.23. The van der Waals surface area contributed by atoms with Gasteiger partial charge in [-0.25, -0.2) is 8.78 Å². The van der Waals surface area contributed by atoms with Gasteiger partial charge in [-0.15, -0.1) is 13.2 Å². The van der Waals surface area contributed by atoms with E-state index >= 15 is 0 Å². The van der Waals surface area contributed by atoms with Crippen LogP contribution in [-0.4, -0.2) is 22.0 Å². The minimum absolute atomic E-state index is 0.0113. The van der Waals surface area contributed by atoms with E-state index in [1.807, 2.05) is 6.92 Å². The highest BCUT2D eigenvalue weighted by Gasteiger charge is 2.31. The van der Waals surface area contributed by atoms with Crippen LogP contribution in [0.1, 0.15) is 31.2 Å². The lowest BCUT2D eigenvalue weighted by Gasteiger charge is -2.28. The molecule has 8 heteroatoms. The summed E-state index contributed by atoms with van der Waals surface area (Å²) in [5.41, 5.74) is 0.657. The molecular weight excluding hydrogens is 395 g/mol. The zero-order valence-corrected chi connectivity index (χ0v) is 16.5. The van der Waals surface area contributed by atoms with Crippen LogP contribution in [0.15, 0.2) is 36.4 Å². The zero-order chi connectivity index (χ0) is 20.3. The van der Waals surface area contributed by atoms with Crippen LogP contribution in [0.5, 0.6) is 5.75 Å². The Balaban J connectivity index is 1.77. The molecule has 1 aliphatic heterocycles. The van der Waals surface area contributed by atoms with Crippen molar-refractivity contribution in [2.45, 2.75) is 44.1 Å². The van der Waals surface area contributed by atoms with Crippen LogP contribution in [0.3, 0.4) is 0 Å². The first kappa shape index (κ1) is 20.8. The molecule has 0 amide bonds. The Hall–Kier alpha value is -1.93. The molecule has 2 aromatic carbocycles. The highest BCUT2D eigenvalue weighted by atomic mass is 28.3. The highest BCUT2D eigenvalue weighted by molar-refractivity contribution is 6.52. The molecule has 3 rings (SSSR count). The summed E-state index contributed by atoms with van der Waals surface area (Å²) in [6.07, 6.45) is -3.23. The van der Waals surface area contributed by atoms with Crippen molar-refractivity contribution in [1.29, 1.82) is 0 Å². The first-order chi connectivity index (χ1) is 13.3. The monoisotopic (exact) mass is 416 g/mol. The lowest BCUT2D eigenvalue weighted by molar-refractivity contribution is -0.274. The average Bonchev–Trinajstić information content (AvgIpc) is 2.64. The second kappa shape index (κ2) is 8.61. The Morgan fingerprint density at radius 3 is 2.21 bits per heavy atom. The standard InChI is InChI=1S/C20H21F5O2Si/c1-2-26-28-9-7-14(8-10-28)17-12-18(21)16(11-19(17)22)13-3-5-15(6-4-13)27-20(23,24)25/h3-6,11-12,14,28H,2,7-10H2,1H3.